The summed E-state index contributed by atoms with van der Waals surface area (Å²) in [5.41, 5.74) is 0.793. The Labute approximate surface area is 132 Å². The van der Waals surface area contributed by atoms with E-state index in [9.17, 15) is 8.42 Å². The van der Waals surface area contributed by atoms with Crippen LogP contribution in [-0.2, 0) is 20.4 Å². The number of halogens is 1. The van der Waals surface area contributed by atoms with Crippen molar-refractivity contribution in [2.75, 3.05) is 12.4 Å². The van der Waals surface area contributed by atoms with E-state index >= 15 is 0 Å². The van der Waals surface area contributed by atoms with E-state index < -0.39 is 9.05 Å². The molecule has 0 atom stereocenters. The smallest absolute Gasteiger partial charge is 0.233 e. The summed E-state index contributed by atoms with van der Waals surface area (Å²) in [5.74, 6) is 0.0242. The first kappa shape index (κ1) is 16.8. The number of ether oxygens (including phenoxy) is 1. The second kappa shape index (κ2) is 7.61. The maximum Gasteiger partial charge on any atom is 0.233 e. The summed E-state index contributed by atoms with van der Waals surface area (Å²) < 4.78 is 29.0. The fraction of sp³-hybridized carbons (Fsp3) is 0.625. The highest BCUT2D eigenvalue weighted by atomic mass is 35.7. The van der Waals surface area contributed by atoms with E-state index in [2.05, 4.69) is 0 Å². The van der Waals surface area contributed by atoms with Crippen LogP contribution in [0, 0.1) is 5.41 Å². The zero-order valence-corrected chi connectivity index (χ0v) is 13.8. The predicted molar refractivity (Wildman–Crippen MR) is 85.9 cm³/mol. The van der Waals surface area contributed by atoms with E-state index in [4.69, 9.17) is 15.4 Å². The SMILES string of the molecule is O=S(=O)(Cl)CC1(COCc2ccccc2)CCCCCC1. The summed E-state index contributed by atoms with van der Waals surface area (Å²) in [6.45, 7) is 0.985. The van der Waals surface area contributed by atoms with Crippen molar-refractivity contribution in [1.82, 2.24) is 0 Å². The van der Waals surface area contributed by atoms with Crippen LogP contribution in [0.1, 0.15) is 44.1 Å². The van der Waals surface area contributed by atoms with Gasteiger partial charge in [-0.05, 0) is 18.4 Å². The summed E-state index contributed by atoms with van der Waals surface area (Å²) in [7, 11) is 2.02. The van der Waals surface area contributed by atoms with Gasteiger partial charge in [0.2, 0.25) is 9.05 Å². The van der Waals surface area contributed by atoms with Crippen molar-refractivity contribution in [2.24, 2.45) is 5.41 Å². The molecule has 0 saturated heterocycles. The van der Waals surface area contributed by atoms with Gasteiger partial charge in [-0.2, -0.15) is 0 Å². The molecule has 0 aromatic heterocycles. The van der Waals surface area contributed by atoms with Gasteiger partial charge < -0.3 is 4.74 Å². The average Bonchev–Trinajstić information content (AvgIpc) is 2.64. The van der Waals surface area contributed by atoms with Crippen LogP contribution in [0.4, 0.5) is 0 Å². The lowest BCUT2D eigenvalue weighted by Gasteiger charge is -2.31. The molecule has 1 saturated carbocycles. The van der Waals surface area contributed by atoms with Crippen LogP contribution in [0.2, 0.25) is 0 Å². The van der Waals surface area contributed by atoms with Gasteiger partial charge in [-0.3, -0.25) is 0 Å². The van der Waals surface area contributed by atoms with Crippen LogP contribution in [0.15, 0.2) is 30.3 Å². The Balaban J connectivity index is 1.98. The standard InChI is InChI=1S/C16H23ClO3S/c17-21(18,19)14-16(10-6-1-2-7-11-16)13-20-12-15-8-4-3-5-9-15/h3-5,8-9H,1-2,6-7,10-14H2. The molecule has 21 heavy (non-hydrogen) atoms. The average molecular weight is 331 g/mol. The van der Waals surface area contributed by atoms with Crippen molar-refractivity contribution in [3.8, 4) is 0 Å². The van der Waals surface area contributed by atoms with Crippen LogP contribution < -0.4 is 0 Å². The molecule has 2 rings (SSSR count). The first-order chi connectivity index (χ1) is 9.99. The van der Waals surface area contributed by atoms with Crippen molar-refractivity contribution in [1.29, 1.82) is 0 Å². The summed E-state index contributed by atoms with van der Waals surface area (Å²) in [6, 6.07) is 9.94. The Morgan fingerprint density at radius 3 is 2.24 bits per heavy atom. The maximum absolute atomic E-state index is 11.6. The normalized spacial score (nSPS) is 19.1. The lowest BCUT2D eigenvalue weighted by atomic mass is 9.83. The highest BCUT2D eigenvalue weighted by Gasteiger charge is 2.35. The lowest BCUT2D eigenvalue weighted by molar-refractivity contribution is 0.0361. The van der Waals surface area contributed by atoms with Gasteiger partial charge >= 0.3 is 0 Å². The molecule has 1 aliphatic carbocycles. The van der Waals surface area contributed by atoms with Gasteiger partial charge in [-0.15, -0.1) is 0 Å². The third-order valence-electron chi connectivity index (χ3n) is 4.16. The van der Waals surface area contributed by atoms with Crippen LogP contribution >= 0.6 is 10.7 Å². The Kier molecular flexibility index (Phi) is 6.08. The van der Waals surface area contributed by atoms with Crippen LogP contribution in [0.3, 0.4) is 0 Å². The Morgan fingerprint density at radius 2 is 1.67 bits per heavy atom. The minimum atomic E-state index is -3.50. The first-order valence-corrected chi connectivity index (χ1v) is 10.0. The van der Waals surface area contributed by atoms with Gasteiger partial charge in [0.05, 0.1) is 19.0 Å². The molecule has 5 heteroatoms. The largest absolute Gasteiger partial charge is 0.376 e. The van der Waals surface area contributed by atoms with E-state index in [1.54, 1.807) is 0 Å². The van der Waals surface area contributed by atoms with Gasteiger partial charge in [-0.1, -0.05) is 56.0 Å². The quantitative estimate of drug-likeness (QED) is 0.582. The van der Waals surface area contributed by atoms with E-state index in [0.717, 1.165) is 31.2 Å². The number of rotatable bonds is 6. The summed E-state index contributed by atoms with van der Waals surface area (Å²) in [6.07, 6.45) is 6.22. The van der Waals surface area contributed by atoms with Crippen LogP contribution in [-0.4, -0.2) is 20.8 Å². The molecular weight excluding hydrogens is 308 g/mol. The molecule has 118 valence electrons. The molecule has 1 aliphatic rings. The molecule has 0 bridgehead atoms. The Morgan fingerprint density at radius 1 is 1.05 bits per heavy atom. The zero-order chi connectivity index (χ0) is 15.2. The molecule has 0 radical (unpaired) electrons. The second-order valence-electron chi connectivity index (χ2n) is 6.08. The molecule has 0 amide bonds. The zero-order valence-electron chi connectivity index (χ0n) is 12.3. The van der Waals surface area contributed by atoms with Crippen LogP contribution in [0.25, 0.3) is 0 Å². The minimum Gasteiger partial charge on any atom is -0.376 e. The van der Waals surface area contributed by atoms with Gasteiger partial charge in [0.25, 0.3) is 0 Å². The summed E-state index contributed by atoms with van der Waals surface area (Å²) in [4.78, 5) is 0. The van der Waals surface area contributed by atoms with Crippen molar-refractivity contribution < 1.29 is 13.2 Å². The number of hydrogen-bond acceptors (Lipinski definition) is 3. The molecular formula is C16H23ClO3S. The fourth-order valence-corrected chi connectivity index (χ4v) is 4.93. The van der Waals surface area contributed by atoms with Crippen LogP contribution in [0.5, 0.6) is 0 Å². The molecule has 3 nitrogen and oxygen atoms in total. The third-order valence-corrected chi connectivity index (χ3v) is 5.45. The molecule has 0 aliphatic heterocycles. The molecule has 0 spiro atoms. The topological polar surface area (TPSA) is 43.4 Å². The Bertz CT molecular complexity index is 520. The second-order valence-corrected chi connectivity index (χ2v) is 8.85. The molecule has 1 aromatic carbocycles. The number of benzene rings is 1. The predicted octanol–water partition coefficient (Wildman–Crippen LogP) is 4.11. The van der Waals surface area contributed by atoms with Crippen molar-refractivity contribution >= 4 is 19.7 Å². The molecule has 1 fully saturated rings. The van der Waals surface area contributed by atoms with E-state index in [0.29, 0.717) is 13.2 Å². The first-order valence-electron chi connectivity index (χ1n) is 7.53. The van der Waals surface area contributed by atoms with E-state index in [1.807, 2.05) is 30.3 Å². The van der Waals surface area contributed by atoms with Crippen molar-refractivity contribution in [3.05, 3.63) is 35.9 Å². The van der Waals surface area contributed by atoms with E-state index in [1.165, 1.54) is 12.8 Å². The van der Waals surface area contributed by atoms with Gasteiger partial charge in [0, 0.05) is 16.1 Å². The summed E-state index contributed by atoms with van der Waals surface area (Å²) in [5, 5.41) is 0. The number of hydrogen-bond donors (Lipinski definition) is 0. The van der Waals surface area contributed by atoms with E-state index in [-0.39, 0.29) is 11.2 Å². The molecule has 0 unspecified atom stereocenters. The van der Waals surface area contributed by atoms with Crippen molar-refractivity contribution in [3.63, 3.8) is 0 Å². The highest BCUT2D eigenvalue weighted by molar-refractivity contribution is 8.13. The minimum absolute atomic E-state index is 0.0242. The molecule has 0 heterocycles. The molecule has 0 N–H and O–H groups in total. The van der Waals surface area contributed by atoms with Crippen molar-refractivity contribution in [2.45, 2.75) is 45.1 Å². The van der Waals surface area contributed by atoms with Gasteiger partial charge in [0.1, 0.15) is 0 Å². The Hall–Kier alpha value is -0.580. The van der Waals surface area contributed by atoms with Gasteiger partial charge in [0.15, 0.2) is 0 Å². The highest BCUT2D eigenvalue weighted by Crippen LogP contribution is 2.37. The third kappa shape index (κ3) is 5.97. The lowest BCUT2D eigenvalue weighted by Crippen LogP contribution is -2.33. The molecule has 1 aromatic rings. The van der Waals surface area contributed by atoms with Gasteiger partial charge in [-0.25, -0.2) is 8.42 Å². The summed E-state index contributed by atoms with van der Waals surface area (Å²) >= 11 is 0. The monoisotopic (exact) mass is 330 g/mol. The fourth-order valence-electron chi connectivity index (χ4n) is 3.13. The maximum atomic E-state index is 11.6.